The molecule has 0 radical (unpaired) electrons. The molecule has 0 aromatic heterocycles. The maximum atomic E-state index is 11.0. The van der Waals surface area contributed by atoms with Crippen LogP contribution in [0.5, 0.6) is 0 Å². The van der Waals surface area contributed by atoms with E-state index in [4.69, 9.17) is 5.11 Å². The highest BCUT2D eigenvalue weighted by Crippen LogP contribution is 2.29. The predicted octanol–water partition coefficient (Wildman–Crippen LogP) is 1.84. The molecule has 1 heterocycles. The second-order valence-electron chi connectivity index (χ2n) is 3.76. The van der Waals surface area contributed by atoms with Gasteiger partial charge in [0, 0.05) is 23.5 Å². The first-order valence-corrected chi connectivity index (χ1v) is 5.67. The molecule has 1 aromatic rings. The van der Waals surface area contributed by atoms with Crippen molar-refractivity contribution in [2.24, 2.45) is 5.92 Å². The number of carboxylic acids is 1. The van der Waals surface area contributed by atoms with Gasteiger partial charge >= 0.3 is 5.97 Å². The largest absolute Gasteiger partial charge is 0.481 e. The molecule has 3 nitrogen and oxygen atoms in total. The van der Waals surface area contributed by atoms with E-state index in [1.807, 2.05) is 24.3 Å². The summed E-state index contributed by atoms with van der Waals surface area (Å²) in [5, 5.41) is 12.2. The molecule has 1 aliphatic heterocycles. The van der Waals surface area contributed by atoms with Crippen molar-refractivity contribution in [3.63, 3.8) is 0 Å². The van der Waals surface area contributed by atoms with Crippen LogP contribution in [-0.2, 0) is 4.79 Å². The van der Waals surface area contributed by atoms with E-state index in [1.165, 1.54) is 0 Å². The summed E-state index contributed by atoms with van der Waals surface area (Å²) in [5.41, 5.74) is 1.09. The van der Waals surface area contributed by atoms with Crippen LogP contribution in [0.15, 0.2) is 28.7 Å². The van der Waals surface area contributed by atoms with E-state index in [1.54, 1.807) is 0 Å². The lowest BCUT2D eigenvalue weighted by Crippen LogP contribution is -2.20. The first-order chi connectivity index (χ1) is 7.18. The van der Waals surface area contributed by atoms with Crippen molar-refractivity contribution in [1.82, 2.24) is 5.32 Å². The van der Waals surface area contributed by atoms with E-state index in [0.29, 0.717) is 6.54 Å². The van der Waals surface area contributed by atoms with Crippen LogP contribution in [0.25, 0.3) is 0 Å². The van der Waals surface area contributed by atoms with Gasteiger partial charge in [-0.25, -0.2) is 0 Å². The maximum absolute atomic E-state index is 11.0. The summed E-state index contributed by atoms with van der Waals surface area (Å²) in [6.07, 6.45) is 0. The van der Waals surface area contributed by atoms with Crippen molar-refractivity contribution >= 4 is 21.9 Å². The van der Waals surface area contributed by atoms with Gasteiger partial charge in [-0.05, 0) is 17.7 Å². The van der Waals surface area contributed by atoms with E-state index < -0.39 is 5.97 Å². The van der Waals surface area contributed by atoms with E-state index in [0.717, 1.165) is 16.6 Å². The monoisotopic (exact) mass is 269 g/mol. The van der Waals surface area contributed by atoms with E-state index in [9.17, 15) is 4.79 Å². The van der Waals surface area contributed by atoms with Gasteiger partial charge in [-0.15, -0.1) is 0 Å². The lowest BCUT2D eigenvalue weighted by Gasteiger charge is -2.14. The average molecular weight is 270 g/mol. The van der Waals surface area contributed by atoms with Crippen LogP contribution in [0.2, 0.25) is 0 Å². The average Bonchev–Trinajstić information content (AvgIpc) is 2.67. The molecule has 0 bridgehead atoms. The Morgan fingerprint density at radius 3 is 2.60 bits per heavy atom. The van der Waals surface area contributed by atoms with Crippen LogP contribution < -0.4 is 5.32 Å². The minimum Gasteiger partial charge on any atom is -0.481 e. The highest BCUT2D eigenvalue weighted by atomic mass is 79.9. The van der Waals surface area contributed by atoms with Gasteiger partial charge in [0.2, 0.25) is 0 Å². The van der Waals surface area contributed by atoms with Crippen molar-refractivity contribution in [2.45, 2.75) is 5.92 Å². The van der Waals surface area contributed by atoms with Gasteiger partial charge in [0.15, 0.2) is 0 Å². The zero-order chi connectivity index (χ0) is 10.8. The normalized spacial score (nSPS) is 25.4. The first kappa shape index (κ1) is 10.6. The Morgan fingerprint density at radius 2 is 2.00 bits per heavy atom. The fourth-order valence-electron chi connectivity index (χ4n) is 2.00. The molecule has 0 spiro atoms. The van der Waals surface area contributed by atoms with E-state index >= 15 is 0 Å². The highest BCUT2D eigenvalue weighted by molar-refractivity contribution is 9.10. The molecule has 4 heteroatoms. The zero-order valence-electron chi connectivity index (χ0n) is 8.11. The van der Waals surface area contributed by atoms with Gasteiger partial charge in [-0.1, -0.05) is 28.1 Å². The van der Waals surface area contributed by atoms with Crippen LogP contribution in [0, 0.1) is 5.92 Å². The summed E-state index contributed by atoms with van der Waals surface area (Å²) in [4.78, 5) is 11.0. The Balaban J connectivity index is 2.22. The molecule has 0 saturated carbocycles. The molecular formula is C11H12BrNO2. The molecule has 1 aromatic carbocycles. The lowest BCUT2D eigenvalue weighted by molar-refractivity contribution is -0.141. The number of halogens is 1. The molecule has 2 N–H and O–H groups in total. The lowest BCUT2D eigenvalue weighted by atomic mass is 9.89. The van der Waals surface area contributed by atoms with Gasteiger partial charge in [0.25, 0.3) is 0 Å². The minimum atomic E-state index is -0.715. The van der Waals surface area contributed by atoms with Crippen LogP contribution in [0.4, 0.5) is 0 Å². The summed E-state index contributed by atoms with van der Waals surface area (Å²) in [6, 6.07) is 7.87. The molecule has 0 aliphatic carbocycles. The Bertz CT molecular complexity index is 363. The van der Waals surface area contributed by atoms with Gasteiger partial charge in [0.1, 0.15) is 0 Å². The number of carbonyl (C=O) groups is 1. The Kier molecular flexibility index (Phi) is 3.07. The summed E-state index contributed by atoms with van der Waals surface area (Å²) in [6.45, 7) is 1.31. The number of hydrogen-bond donors (Lipinski definition) is 2. The molecule has 2 atom stereocenters. The van der Waals surface area contributed by atoms with Gasteiger partial charge < -0.3 is 10.4 Å². The topological polar surface area (TPSA) is 49.3 Å². The van der Waals surface area contributed by atoms with E-state index in [2.05, 4.69) is 21.2 Å². The molecule has 0 unspecified atom stereocenters. The standard InChI is InChI=1S/C11H12BrNO2/c12-8-3-1-7(2-4-8)9-5-13-6-10(9)11(14)15/h1-4,9-10,13H,5-6H2,(H,14,15)/t9-,10+/m1/s1. The van der Waals surface area contributed by atoms with Crippen molar-refractivity contribution in [2.75, 3.05) is 13.1 Å². The third-order valence-corrected chi connectivity index (χ3v) is 3.36. The molecule has 1 aliphatic rings. The number of nitrogens with one attached hydrogen (secondary N) is 1. The maximum Gasteiger partial charge on any atom is 0.308 e. The van der Waals surface area contributed by atoms with Crippen molar-refractivity contribution in [3.8, 4) is 0 Å². The molecule has 80 valence electrons. The number of rotatable bonds is 2. The van der Waals surface area contributed by atoms with Gasteiger partial charge in [0.05, 0.1) is 5.92 Å². The summed E-state index contributed by atoms with van der Waals surface area (Å²) in [5.74, 6) is -0.922. The Morgan fingerprint density at radius 1 is 1.33 bits per heavy atom. The molecule has 1 fully saturated rings. The van der Waals surface area contributed by atoms with Crippen molar-refractivity contribution < 1.29 is 9.90 Å². The third-order valence-electron chi connectivity index (χ3n) is 2.83. The summed E-state index contributed by atoms with van der Waals surface area (Å²) < 4.78 is 1.02. The predicted molar refractivity (Wildman–Crippen MR) is 60.9 cm³/mol. The molecular weight excluding hydrogens is 258 g/mol. The highest BCUT2D eigenvalue weighted by Gasteiger charge is 2.33. The van der Waals surface area contributed by atoms with Gasteiger partial charge in [-0.3, -0.25) is 4.79 Å². The summed E-state index contributed by atoms with van der Waals surface area (Å²) >= 11 is 3.37. The van der Waals surface area contributed by atoms with Gasteiger partial charge in [-0.2, -0.15) is 0 Å². The molecule has 2 rings (SSSR count). The van der Waals surface area contributed by atoms with Crippen molar-refractivity contribution in [1.29, 1.82) is 0 Å². The van der Waals surface area contributed by atoms with Crippen molar-refractivity contribution in [3.05, 3.63) is 34.3 Å². The van der Waals surface area contributed by atoms with Crippen LogP contribution in [0.3, 0.4) is 0 Å². The first-order valence-electron chi connectivity index (χ1n) is 4.87. The fraction of sp³-hybridized carbons (Fsp3) is 0.364. The number of benzene rings is 1. The fourth-order valence-corrected chi connectivity index (χ4v) is 2.26. The Labute approximate surface area is 96.6 Å². The Hall–Kier alpha value is -0.870. The van der Waals surface area contributed by atoms with E-state index in [-0.39, 0.29) is 11.8 Å². The smallest absolute Gasteiger partial charge is 0.308 e. The van der Waals surface area contributed by atoms with Crippen LogP contribution >= 0.6 is 15.9 Å². The number of hydrogen-bond acceptors (Lipinski definition) is 2. The number of aliphatic carboxylic acids is 1. The molecule has 15 heavy (non-hydrogen) atoms. The quantitative estimate of drug-likeness (QED) is 0.862. The molecule has 0 amide bonds. The van der Waals surface area contributed by atoms with Crippen LogP contribution in [0.1, 0.15) is 11.5 Å². The third kappa shape index (κ3) is 2.21. The second-order valence-corrected chi connectivity index (χ2v) is 4.68. The molecule has 1 saturated heterocycles. The SMILES string of the molecule is O=C(O)[C@H]1CNC[C@@H]1c1ccc(Br)cc1. The second kappa shape index (κ2) is 4.33. The van der Waals surface area contributed by atoms with Crippen LogP contribution in [-0.4, -0.2) is 24.2 Å². The minimum absolute atomic E-state index is 0.0931. The zero-order valence-corrected chi connectivity index (χ0v) is 9.70. The summed E-state index contributed by atoms with van der Waals surface area (Å²) in [7, 11) is 0. The number of carboxylic acid groups (broad SMARTS) is 1.